The number of nitrogens with zero attached hydrogens (tertiary/aromatic N) is 3. The minimum atomic E-state index is 0.758. The molecule has 0 unspecified atom stereocenters. The number of thiophene rings is 1. The molecule has 0 aromatic carbocycles. The minimum Gasteiger partial charge on any atom is -0.357 e. The van der Waals surface area contributed by atoms with E-state index in [-0.39, 0.29) is 0 Å². The molecule has 22 heavy (non-hydrogen) atoms. The van der Waals surface area contributed by atoms with Crippen LogP contribution in [-0.2, 0) is 13.0 Å². The summed E-state index contributed by atoms with van der Waals surface area (Å²) < 4.78 is 1.16. The van der Waals surface area contributed by atoms with Crippen molar-refractivity contribution in [3.05, 3.63) is 36.9 Å². The quantitative estimate of drug-likeness (QED) is 0.589. The summed E-state index contributed by atoms with van der Waals surface area (Å²) in [7, 11) is 2.07. The zero-order valence-electron chi connectivity index (χ0n) is 13.1. The van der Waals surface area contributed by atoms with Crippen LogP contribution in [0.25, 0.3) is 0 Å². The van der Waals surface area contributed by atoms with E-state index in [9.17, 15) is 0 Å². The molecule has 0 radical (unpaired) electrons. The first kappa shape index (κ1) is 17.4. The number of hydrogen-bond acceptors (Lipinski definition) is 4. The summed E-state index contributed by atoms with van der Waals surface area (Å²) in [6.45, 7) is 6.66. The molecule has 2 rings (SSSR count). The molecule has 0 saturated heterocycles. The molecule has 2 aromatic rings. The first-order valence-corrected chi connectivity index (χ1v) is 9.66. The highest BCUT2D eigenvalue weighted by Crippen LogP contribution is 2.23. The summed E-state index contributed by atoms with van der Waals surface area (Å²) in [6.07, 6.45) is 2.82. The standard InChI is InChI=1S/C15H21BrN4S2/c1-4-17-15(18-8-7-14-19-9-11(2)21-14)20(3)10-12-5-6-13(16)22-12/h5-6,9H,4,7-8,10H2,1-3H3,(H,17,18). The van der Waals surface area contributed by atoms with Gasteiger partial charge >= 0.3 is 0 Å². The summed E-state index contributed by atoms with van der Waals surface area (Å²) >= 11 is 7.02. The Morgan fingerprint density at radius 1 is 1.41 bits per heavy atom. The first-order chi connectivity index (χ1) is 10.6. The molecule has 7 heteroatoms. The average Bonchev–Trinajstić information content (AvgIpc) is 3.06. The number of thiazole rings is 1. The molecular weight excluding hydrogens is 380 g/mol. The van der Waals surface area contributed by atoms with Crippen molar-refractivity contribution in [1.29, 1.82) is 0 Å². The topological polar surface area (TPSA) is 40.5 Å². The van der Waals surface area contributed by atoms with E-state index in [4.69, 9.17) is 4.99 Å². The van der Waals surface area contributed by atoms with E-state index in [2.05, 4.69) is 64.2 Å². The van der Waals surface area contributed by atoms with Gasteiger partial charge < -0.3 is 10.2 Å². The number of nitrogens with one attached hydrogen (secondary N) is 1. The van der Waals surface area contributed by atoms with Gasteiger partial charge in [-0.25, -0.2) is 4.98 Å². The lowest BCUT2D eigenvalue weighted by Gasteiger charge is -2.21. The Labute approximate surface area is 148 Å². The van der Waals surface area contributed by atoms with Gasteiger partial charge in [-0.05, 0) is 41.9 Å². The number of halogens is 1. The van der Waals surface area contributed by atoms with Crippen LogP contribution in [0.1, 0.15) is 21.7 Å². The molecule has 0 fully saturated rings. The Morgan fingerprint density at radius 2 is 2.23 bits per heavy atom. The smallest absolute Gasteiger partial charge is 0.193 e. The van der Waals surface area contributed by atoms with Crippen molar-refractivity contribution < 1.29 is 0 Å². The normalized spacial score (nSPS) is 11.7. The van der Waals surface area contributed by atoms with Gasteiger partial charge in [0.05, 0.1) is 15.3 Å². The molecular formula is C15H21BrN4S2. The van der Waals surface area contributed by atoms with Gasteiger partial charge in [0.15, 0.2) is 5.96 Å². The summed E-state index contributed by atoms with van der Waals surface area (Å²) in [4.78, 5) is 13.8. The average molecular weight is 401 g/mol. The second-order valence-corrected chi connectivity index (χ2v) is 8.78. The lowest BCUT2D eigenvalue weighted by Crippen LogP contribution is -2.38. The van der Waals surface area contributed by atoms with Gasteiger partial charge in [-0.3, -0.25) is 4.99 Å². The number of rotatable bonds is 6. The van der Waals surface area contributed by atoms with Crippen LogP contribution in [0.3, 0.4) is 0 Å². The lowest BCUT2D eigenvalue weighted by atomic mass is 10.4. The van der Waals surface area contributed by atoms with Crippen LogP contribution in [0, 0.1) is 6.92 Å². The zero-order chi connectivity index (χ0) is 15.9. The molecule has 4 nitrogen and oxygen atoms in total. The monoisotopic (exact) mass is 400 g/mol. The minimum absolute atomic E-state index is 0.758. The third kappa shape index (κ3) is 5.37. The Bertz CT molecular complexity index is 621. The van der Waals surface area contributed by atoms with Crippen molar-refractivity contribution in [2.75, 3.05) is 20.1 Å². The van der Waals surface area contributed by atoms with Crippen LogP contribution in [0.2, 0.25) is 0 Å². The fraction of sp³-hybridized carbons (Fsp3) is 0.467. The van der Waals surface area contributed by atoms with Crippen molar-refractivity contribution in [3.8, 4) is 0 Å². The van der Waals surface area contributed by atoms with Gasteiger partial charge in [0.1, 0.15) is 0 Å². The lowest BCUT2D eigenvalue weighted by molar-refractivity contribution is 0.481. The fourth-order valence-corrected chi connectivity index (χ4v) is 4.30. The molecule has 2 aromatic heterocycles. The third-order valence-electron chi connectivity index (χ3n) is 2.97. The summed E-state index contributed by atoms with van der Waals surface area (Å²) in [5.74, 6) is 0.945. The van der Waals surface area contributed by atoms with E-state index in [0.717, 1.165) is 40.8 Å². The number of aliphatic imine (C=N–C) groups is 1. The summed E-state index contributed by atoms with van der Waals surface area (Å²) in [5, 5.41) is 4.51. The Morgan fingerprint density at radius 3 is 2.82 bits per heavy atom. The maximum atomic E-state index is 4.71. The maximum absolute atomic E-state index is 4.71. The van der Waals surface area contributed by atoms with Crippen LogP contribution < -0.4 is 5.32 Å². The summed E-state index contributed by atoms with van der Waals surface area (Å²) in [6, 6.07) is 4.23. The van der Waals surface area contributed by atoms with Crippen LogP contribution in [0.5, 0.6) is 0 Å². The SMILES string of the molecule is CCNC(=NCCc1ncc(C)s1)N(C)Cc1ccc(Br)s1. The van der Waals surface area contributed by atoms with E-state index < -0.39 is 0 Å². The van der Waals surface area contributed by atoms with Crippen molar-refractivity contribution in [2.45, 2.75) is 26.8 Å². The van der Waals surface area contributed by atoms with Crippen molar-refractivity contribution in [3.63, 3.8) is 0 Å². The predicted molar refractivity (Wildman–Crippen MR) is 100 cm³/mol. The molecule has 0 spiro atoms. The van der Waals surface area contributed by atoms with Gasteiger partial charge in [-0.15, -0.1) is 22.7 Å². The molecule has 2 heterocycles. The van der Waals surface area contributed by atoms with Crippen LogP contribution in [0.4, 0.5) is 0 Å². The number of aryl methyl sites for hydroxylation is 1. The molecule has 120 valence electrons. The van der Waals surface area contributed by atoms with Gasteiger partial charge in [-0.1, -0.05) is 0 Å². The number of aromatic nitrogens is 1. The second-order valence-electron chi connectivity index (χ2n) is 4.91. The maximum Gasteiger partial charge on any atom is 0.193 e. The predicted octanol–water partition coefficient (Wildman–Crippen LogP) is 3.92. The third-order valence-corrected chi connectivity index (χ3v) is 5.56. The molecule has 0 amide bonds. The van der Waals surface area contributed by atoms with Gasteiger partial charge in [0.2, 0.25) is 0 Å². The van der Waals surface area contributed by atoms with Crippen LogP contribution in [0.15, 0.2) is 27.1 Å². The fourth-order valence-electron chi connectivity index (χ4n) is 1.99. The molecule has 1 N–H and O–H groups in total. The molecule has 0 aliphatic rings. The molecule has 0 bridgehead atoms. The Balaban J connectivity index is 1.93. The molecule has 0 saturated carbocycles. The second kappa shape index (κ2) is 8.64. The highest BCUT2D eigenvalue weighted by Gasteiger charge is 2.08. The van der Waals surface area contributed by atoms with Gasteiger partial charge in [0, 0.05) is 42.5 Å². The van der Waals surface area contributed by atoms with Crippen molar-refractivity contribution in [1.82, 2.24) is 15.2 Å². The van der Waals surface area contributed by atoms with Crippen LogP contribution in [-0.4, -0.2) is 36.0 Å². The van der Waals surface area contributed by atoms with E-state index >= 15 is 0 Å². The van der Waals surface area contributed by atoms with E-state index in [0.29, 0.717) is 0 Å². The van der Waals surface area contributed by atoms with E-state index in [1.54, 1.807) is 22.7 Å². The largest absolute Gasteiger partial charge is 0.357 e. The number of guanidine groups is 1. The molecule has 0 aliphatic carbocycles. The zero-order valence-corrected chi connectivity index (χ0v) is 16.3. The highest BCUT2D eigenvalue weighted by atomic mass is 79.9. The number of hydrogen-bond donors (Lipinski definition) is 1. The first-order valence-electron chi connectivity index (χ1n) is 7.23. The Hall–Kier alpha value is -0.920. The van der Waals surface area contributed by atoms with E-state index in [1.165, 1.54) is 9.75 Å². The Kier molecular flexibility index (Phi) is 6.85. The molecule has 0 atom stereocenters. The van der Waals surface area contributed by atoms with Crippen molar-refractivity contribution in [2.24, 2.45) is 4.99 Å². The van der Waals surface area contributed by atoms with E-state index in [1.807, 2.05) is 6.20 Å². The van der Waals surface area contributed by atoms with Gasteiger partial charge in [-0.2, -0.15) is 0 Å². The summed E-state index contributed by atoms with van der Waals surface area (Å²) in [5.41, 5.74) is 0. The highest BCUT2D eigenvalue weighted by molar-refractivity contribution is 9.11. The van der Waals surface area contributed by atoms with Crippen LogP contribution >= 0.6 is 38.6 Å². The van der Waals surface area contributed by atoms with Gasteiger partial charge in [0.25, 0.3) is 0 Å². The van der Waals surface area contributed by atoms with Crippen molar-refractivity contribution >= 4 is 44.6 Å². The molecule has 0 aliphatic heterocycles.